The van der Waals surface area contributed by atoms with Crippen LogP contribution in [-0.2, 0) is 0 Å². The number of furan rings is 1. The van der Waals surface area contributed by atoms with E-state index in [4.69, 9.17) is 4.42 Å². The summed E-state index contributed by atoms with van der Waals surface area (Å²) in [5, 5.41) is 6.99. The first kappa shape index (κ1) is 23.8. The lowest BCUT2D eigenvalue weighted by molar-refractivity contribution is 0.670. The molecule has 7 rings (SSSR count). The van der Waals surface area contributed by atoms with Crippen molar-refractivity contribution in [3.8, 4) is 16.8 Å². The molecule has 0 spiro atoms. The van der Waals surface area contributed by atoms with Crippen LogP contribution in [0.3, 0.4) is 0 Å². The second-order valence-corrected chi connectivity index (χ2v) is 9.89. The van der Waals surface area contributed by atoms with Gasteiger partial charge in [0.25, 0.3) is 0 Å². The molecule has 1 N–H and O–H groups in total. The number of hydrogen-bond donors (Lipinski definition) is 1. The molecule has 0 aliphatic rings. The van der Waals surface area contributed by atoms with Gasteiger partial charge in [-0.1, -0.05) is 85.5 Å². The van der Waals surface area contributed by atoms with E-state index in [1.54, 1.807) is 0 Å². The van der Waals surface area contributed by atoms with Gasteiger partial charge in [0, 0.05) is 33.1 Å². The predicted octanol–water partition coefficient (Wildman–Crippen LogP) is 10.6. The highest BCUT2D eigenvalue weighted by atomic mass is 16.3. The highest BCUT2D eigenvalue weighted by Gasteiger charge is 2.16. The van der Waals surface area contributed by atoms with Crippen LogP contribution in [0.1, 0.15) is 18.2 Å². The summed E-state index contributed by atoms with van der Waals surface area (Å²) >= 11 is 0. The molecule has 0 radical (unpaired) electrons. The first-order valence-electron chi connectivity index (χ1n) is 13.5. The van der Waals surface area contributed by atoms with E-state index in [-0.39, 0.29) is 0 Å². The Kier molecular flexibility index (Phi) is 5.83. The fourth-order valence-corrected chi connectivity index (χ4v) is 5.65. The molecule has 3 heteroatoms. The number of para-hydroxylation sites is 3. The topological polar surface area (TPSA) is 30.1 Å². The van der Waals surface area contributed by atoms with Crippen molar-refractivity contribution in [1.82, 2.24) is 4.57 Å². The monoisotopic (exact) mass is 516 g/mol. The van der Waals surface area contributed by atoms with Gasteiger partial charge in [-0.05, 0) is 72.7 Å². The van der Waals surface area contributed by atoms with Crippen LogP contribution in [-0.4, -0.2) is 4.57 Å². The molecule has 0 aliphatic heterocycles. The van der Waals surface area contributed by atoms with Gasteiger partial charge in [-0.25, -0.2) is 0 Å². The molecule has 0 saturated heterocycles. The standard InChI is InChI=1S/C37H28N2O/c1-3-11-34-29(4-2)32-24-26(20-23-35(32)39(34)28-12-6-5-7-13-28)25-18-21-27(22-19-25)38-33-16-10-15-31-30-14-8-9-17-36(30)40-37(31)33/h3-24,38H,2H2,1H3/b11-3-. The second kappa shape index (κ2) is 9.79. The molecule has 7 aromatic rings. The first-order chi connectivity index (χ1) is 19.7. The smallest absolute Gasteiger partial charge is 0.158 e. The normalized spacial score (nSPS) is 11.6. The number of fused-ring (bicyclic) bond motifs is 4. The average molecular weight is 517 g/mol. The van der Waals surface area contributed by atoms with E-state index in [9.17, 15) is 0 Å². The Morgan fingerprint density at radius 1 is 0.725 bits per heavy atom. The fraction of sp³-hybridized carbons (Fsp3) is 0.0270. The summed E-state index contributed by atoms with van der Waals surface area (Å²) in [7, 11) is 0. The maximum atomic E-state index is 6.20. The number of rotatable bonds is 6. The van der Waals surface area contributed by atoms with Gasteiger partial charge in [-0.3, -0.25) is 0 Å². The van der Waals surface area contributed by atoms with Gasteiger partial charge in [-0.2, -0.15) is 0 Å². The highest BCUT2D eigenvalue weighted by molar-refractivity contribution is 6.09. The van der Waals surface area contributed by atoms with E-state index < -0.39 is 0 Å². The first-order valence-corrected chi connectivity index (χ1v) is 13.5. The zero-order valence-electron chi connectivity index (χ0n) is 22.3. The molecule has 0 amide bonds. The Hall–Kier alpha value is -5.28. The van der Waals surface area contributed by atoms with Crippen molar-refractivity contribution in [2.45, 2.75) is 6.92 Å². The van der Waals surface area contributed by atoms with E-state index in [0.717, 1.165) is 61.3 Å². The van der Waals surface area contributed by atoms with Crippen LogP contribution in [0.25, 0.3) is 61.8 Å². The summed E-state index contributed by atoms with van der Waals surface area (Å²) in [5.74, 6) is 0. The van der Waals surface area contributed by atoms with Gasteiger partial charge >= 0.3 is 0 Å². The number of nitrogens with one attached hydrogen (secondary N) is 1. The molecule has 192 valence electrons. The van der Waals surface area contributed by atoms with Crippen molar-refractivity contribution in [3.63, 3.8) is 0 Å². The molecule has 0 saturated carbocycles. The predicted molar refractivity (Wildman–Crippen MR) is 171 cm³/mol. The van der Waals surface area contributed by atoms with Crippen LogP contribution >= 0.6 is 0 Å². The molecule has 0 bridgehead atoms. The van der Waals surface area contributed by atoms with E-state index in [2.05, 4.69) is 127 Å². The minimum absolute atomic E-state index is 0.870. The summed E-state index contributed by atoms with van der Waals surface area (Å²) in [4.78, 5) is 0. The highest BCUT2D eigenvalue weighted by Crippen LogP contribution is 2.37. The van der Waals surface area contributed by atoms with Crippen molar-refractivity contribution in [1.29, 1.82) is 0 Å². The largest absolute Gasteiger partial charge is 0.454 e. The number of anilines is 2. The average Bonchev–Trinajstić information content (AvgIpc) is 3.54. The summed E-state index contributed by atoms with van der Waals surface area (Å²) in [6.45, 7) is 6.21. The molecule has 0 fully saturated rings. The minimum Gasteiger partial charge on any atom is -0.454 e. The maximum Gasteiger partial charge on any atom is 0.158 e. The number of allylic oxidation sites excluding steroid dienone is 1. The summed E-state index contributed by atoms with van der Waals surface area (Å²) in [6, 6.07) is 40.1. The molecule has 2 aromatic heterocycles. The van der Waals surface area contributed by atoms with Crippen molar-refractivity contribution < 1.29 is 4.42 Å². The van der Waals surface area contributed by atoms with E-state index in [1.165, 1.54) is 10.9 Å². The molecular formula is C37H28N2O. The van der Waals surface area contributed by atoms with Crippen LogP contribution in [0, 0.1) is 0 Å². The third kappa shape index (κ3) is 3.91. The van der Waals surface area contributed by atoms with Crippen LogP contribution in [0.4, 0.5) is 11.4 Å². The van der Waals surface area contributed by atoms with Gasteiger partial charge in [0.2, 0.25) is 0 Å². The molecule has 0 atom stereocenters. The van der Waals surface area contributed by atoms with Gasteiger partial charge < -0.3 is 14.3 Å². The lowest BCUT2D eigenvalue weighted by Gasteiger charge is -2.10. The third-order valence-electron chi connectivity index (χ3n) is 7.49. The van der Waals surface area contributed by atoms with Crippen LogP contribution in [0.5, 0.6) is 0 Å². The summed E-state index contributed by atoms with van der Waals surface area (Å²) in [6.07, 6.45) is 6.21. The maximum absolute atomic E-state index is 6.20. The summed E-state index contributed by atoms with van der Waals surface area (Å²) in [5.41, 5.74) is 10.6. The lowest BCUT2D eigenvalue weighted by Crippen LogP contribution is -1.96. The Morgan fingerprint density at radius 3 is 2.27 bits per heavy atom. The van der Waals surface area contributed by atoms with E-state index >= 15 is 0 Å². The number of aromatic nitrogens is 1. The molecule has 2 heterocycles. The summed E-state index contributed by atoms with van der Waals surface area (Å²) < 4.78 is 8.50. The molecule has 40 heavy (non-hydrogen) atoms. The second-order valence-electron chi connectivity index (χ2n) is 9.89. The molecule has 3 nitrogen and oxygen atoms in total. The zero-order valence-corrected chi connectivity index (χ0v) is 22.3. The number of benzene rings is 5. The quantitative estimate of drug-likeness (QED) is 0.238. The van der Waals surface area contributed by atoms with Gasteiger partial charge in [0.15, 0.2) is 5.58 Å². The minimum atomic E-state index is 0.870. The van der Waals surface area contributed by atoms with Gasteiger partial charge in [-0.15, -0.1) is 0 Å². The molecule has 5 aromatic carbocycles. The van der Waals surface area contributed by atoms with Crippen LogP contribution < -0.4 is 5.32 Å². The Morgan fingerprint density at radius 2 is 1.48 bits per heavy atom. The van der Waals surface area contributed by atoms with Crippen molar-refractivity contribution in [2.75, 3.05) is 5.32 Å². The lowest BCUT2D eigenvalue weighted by atomic mass is 10.0. The van der Waals surface area contributed by atoms with Crippen molar-refractivity contribution in [3.05, 3.63) is 139 Å². The van der Waals surface area contributed by atoms with Crippen molar-refractivity contribution in [2.24, 2.45) is 0 Å². The molecule has 0 aliphatic carbocycles. The van der Waals surface area contributed by atoms with E-state index in [1.807, 2.05) is 30.3 Å². The fourth-order valence-electron chi connectivity index (χ4n) is 5.65. The van der Waals surface area contributed by atoms with Crippen LogP contribution in [0.15, 0.2) is 132 Å². The van der Waals surface area contributed by atoms with Gasteiger partial charge in [0.05, 0.1) is 16.9 Å². The molecule has 0 unspecified atom stereocenters. The number of nitrogens with zero attached hydrogens (tertiary/aromatic N) is 1. The zero-order chi connectivity index (χ0) is 27.1. The SMILES string of the molecule is C=Cc1c(/C=C\C)n(-c2ccccc2)c2ccc(-c3ccc(Nc4cccc5c4oc4ccccc45)cc3)cc12. The van der Waals surface area contributed by atoms with E-state index in [0.29, 0.717) is 0 Å². The third-order valence-corrected chi connectivity index (χ3v) is 7.49. The van der Waals surface area contributed by atoms with Gasteiger partial charge in [0.1, 0.15) is 5.58 Å². The Bertz CT molecular complexity index is 2040. The van der Waals surface area contributed by atoms with Crippen molar-refractivity contribution >= 4 is 56.4 Å². The number of hydrogen-bond acceptors (Lipinski definition) is 2. The Balaban J connectivity index is 1.26. The molecular weight excluding hydrogens is 488 g/mol. The van der Waals surface area contributed by atoms with Crippen LogP contribution in [0.2, 0.25) is 0 Å². The Labute approximate surface area is 233 Å².